The largest absolute Gasteiger partial charge is 0.383 e. The summed E-state index contributed by atoms with van der Waals surface area (Å²) in [6, 6.07) is 1.77. The Morgan fingerprint density at radius 3 is 3.00 bits per heavy atom. The molecule has 2 heterocycles. The van der Waals surface area contributed by atoms with E-state index in [-0.39, 0.29) is 0 Å². The number of nitrogens with one attached hydrogen (secondary N) is 1. The Hall–Kier alpha value is -2.07. The van der Waals surface area contributed by atoms with Crippen LogP contribution >= 0.6 is 15.9 Å². The fourth-order valence-corrected chi connectivity index (χ4v) is 1.51. The molecule has 0 bridgehead atoms. The molecule has 0 fully saturated rings. The van der Waals surface area contributed by atoms with Crippen molar-refractivity contribution in [2.24, 2.45) is 0 Å². The molecule has 0 amide bonds. The van der Waals surface area contributed by atoms with Crippen molar-refractivity contribution in [3.63, 3.8) is 0 Å². The van der Waals surface area contributed by atoms with E-state index < -0.39 is 0 Å². The SMILES string of the molecule is C#CCNc1nc(-n2cccn2)nc(N)c1Br. The lowest BCUT2D eigenvalue weighted by molar-refractivity contribution is 0.810. The Kier molecular flexibility index (Phi) is 3.25. The number of hydrogen-bond donors (Lipinski definition) is 2. The number of hydrogen-bond acceptors (Lipinski definition) is 5. The summed E-state index contributed by atoms with van der Waals surface area (Å²) in [4.78, 5) is 8.38. The number of halogens is 1. The summed E-state index contributed by atoms with van der Waals surface area (Å²) in [6.45, 7) is 0.355. The number of nitrogens with two attached hydrogens (primary N) is 1. The number of aromatic nitrogens is 4. The molecule has 0 aliphatic heterocycles. The van der Waals surface area contributed by atoms with E-state index in [9.17, 15) is 0 Å². The van der Waals surface area contributed by atoms with Crippen molar-refractivity contribution in [1.82, 2.24) is 19.7 Å². The first-order valence-corrected chi connectivity index (χ1v) is 5.52. The maximum Gasteiger partial charge on any atom is 0.254 e. The predicted molar refractivity (Wildman–Crippen MR) is 68.6 cm³/mol. The Labute approximate surface area is 106 Å². The van der Waals surface area contributed by atoms with Gasteiger partial charge in [0.15, 0.2) is 0 Å². The third-order valence-corrected chi connectivity index (χ3v) is 2.71. The van der Waals surface area contributed by atoms with Gasteiger partial charge in [0.25, 0.3) is 5.95 Å². The molecule has 0 atom stereocenters. The third-order valence-electron chi connectivity index (χ3n) is 1.93. The van der Waals surface area contributed by atoms with Crippen molar-refractivity contribution < 1.29 is 0 Å². The smallest absolute Gasteiger partial charge is 0.254 e. The van der Waals surface area contributed by atoms with Crippen LogP contribution in [0.5, 0.6) is 0 Å². The topological polar surface area (TPSA) is 81.7 Å². The molecule has 0 aliphatic rings. The fraction of sp³-hybridized carbons (Fsp3) is 0.100. The second-order valence-electron chi connectivity index (χ2n) is 3.08. The minimum Gasteiger partial charge on any atom is -0.383 e. The number of nitrogens with zero attached hydrogens (tertiary/aromatic N) is 4. The van der Waals surface area contributed by atoms with Crippen LogP contribution in [-0.4, -0.2) is 26.3 Å². The van der Waals surface area contributed by atoms with Crippen LogP contribution in [0.3, 0.4) is 0 Å². The van der Waals surface area contributed by atoms with Crippen LogP contribution in [0.1, 0.15) is 0 Å². The maximum absolute atomic E-state index is 5.77. The van der Waals surface area contributed by atoms with Gasteiger partial charge in [-0.2, -0.15) is 15.1 Å². The van der Waals surface area contributed by atoms with Gasteiger partial charge in [0, 0.05) is 12.4 Å². The average molecular weight is 293 g/mol. The van der Waals surface area contributed by atoms with Crippen LogP contribution in [0.4, 0.5) is 11.6 Å². The van der Waals surface area contributed by atoms with Crippen LogP contribution in [0.25, 0.3) is 5.95 Å². The van der Waals surface area contributed by atoms with E-state index in [1.54, 1.807) is 18.5 Å². The zero-order chi connectivity index (χ0) is 12.3. The molecular formula is C10H9BrN6. The minimum atomic E-state index is 0.324. The van der Waals surface area contributed by atoms with Gasteiger partial charge in [-0.05, 0) is 22.0 Å². The minimum absolute atomic E-state index is 0.324. The molecular weight excluding hydrogens is 284 g/mol. The highest BCUT2D eigenvalue weighted by molar-refractivity contribution is 9.10. The molecule has 0 aromatic carbocycles. The molecule has 2 rings (SSSR count). The van der Waals surface area contributed by atoms with Gasteiger partial charge >= 0.3 is 0 Å². The first kappa shape index (κ1) is 11.4. The van der Waals surface area contributed by atoms with E-state index >= 15 is 0 Å². The summed E-state index contributed by atoms with van der Waals surface area (Å²) in [5.41, 5.74) is 5.77. The molecule has 0 aliphatic carbocycles. The lowest BCUT2D eigenvalue weighted by Gasteiger charge is -2.08. The summed E-state index contributed by atoms with van der Waals surface area (Å²) >= 11 is 3.30. The van der Waals surface area contributed by atoms with Crippen molar-refractivity contribution in [2.75, 3.05) is 17.6 Å². The summed E-state index contributed by atoms with van der Waals surface area (Å²) in [5, 5.41) is 6.98. The normalized spacial score (nSPS) is 9.88. The molecule has 2 aromatic rings. The Morgan fingerprint density at radius 2 is 2.35 bits per heavy atom. The van der Waals surface area contributed by atoms with Gasteiger partial charge in [-0.1, -0.05) is 5.92 Å². The zero-order valence-electron chi connectivity index (χ0n) is 8.76. The Morgan fingerprint density at radius 1 is 1.53 bits per heavy atom. The summed E-state index contributed by atoms with van der Waals surface area (Å²) in [5.74, 6) is 3.71. The molecule has 0 unspecified atom stereocenters. The molecule has 6 nitrogen and oxygen atoms in total. The zero-order valence-corrected chi connectivity index (χ0v) is 10.3. The van der Waals surface area contributed by atoms with Crippen molar-refractivity contribution in [3.8, 4) is 18.3 Å². The van der Waals surface area contributed by atoms with Gasteiger partial charge in [0.05, 0.1) is 6.54 Å². The molecule has 7 heteroatoms. The highest BCUT2D eigenvalue weighted by Gasteiger charge is 2.10. The number of rotatable bonds is 3. The first-order chi connectivity index (χ1) is 8.22. The van der Waals surface area contributed by atoms with Gasteiger partial charge in [0.1, 0.15) is 16.1 Å². The van der Waals surface area contributed by atoms with E-state index in [0.717, 1.165) is 0 Å². The highest BCUT2D eigenvalue weighted by atomic mass is 79.9. The van der Waals surface area contributed by atoms with Gasteiger partial charge in [-0.15, -0.1) is 6.42 Å². The standard InChI is InChI=1S/C10H9BrN6/c1-2-4-13-9-7(11)8(12)15-10(16-9)17-6-3-5-14-17/h1,3,5-6H,4H2,(H3,12,13,15,16). The molecule has 2 aromatic heterocycles. The van der Waals surface area contributed by atoms with E-state index in [2.05, 4.69) is 42.2 Å². The van der Waals surface area contributed by atoms with E-state index in [1.807, 2.05) is 0 Å². The van der Waals surface area contributed by atoms with Gasteiger partial charge in [0.2, 0.25) is 0 Å². The van der Waals surface area contributed by atoms with E-state index in [1.165, 1.54) is 4.68 Å². The van der Waals surface area contributed by atoms with Crippen molar-refractivity contribution >= 4 is 27.6 Å². The van der Waals surface area contributed by atoms with Gasteiger partial charge in [-0.3, -0.25) is 0 Å². The summed E-state index contributed by atoms with van der Waals surface area (Å²) in [6.07, 6.45) is 8.54. The lowest BCUT2D eigenvalue weighted by atomic mass is 10.5. The van der Waals surface area contributed by atoms with Crippen LogP contribution in [0.2, 0.25) is 0 Å². The monoisotopic (exact) mass is 292 g/mol. The highest BCUT2D eigenvalue weighted by Crippen LogP contribution is 2.25. The Bertz CT molecular complexity index is 557. The van der Waals surface area contributed by atoms with Crippen LogP contribution in [-0.2, 0) is 0 Å². The number of nitrogen functional groups attached to an aromatic ring is 1. The molecule has 0 spiro atoms. The number of anilines is 2. The fourth-order valence-electron chi connectivity index (χ4n) is 1.19. The molecule has 0 saturated carbocycles. The molecule has 17 heavy (non-hydrogen) atoms. The van der Waals surface area contributed by atoms with Crippen molar-refractivity contribution in [1.29, 1.82) is 0 Å². The van der Waals surface area contributed by atoms with Crippen LogP contribution in [0.15, 0.2) is 22.9 Å². The molecule has 0 saturated heterocycles. The molecule has 86 valence electrons. The first-order valence-electron chi connectivity index (χ1n) is 4.72. The summed E-state index contributed by atoms with van der Waals surface area (Å²) in [7, 11) is 0. The predicted octanol–water partition coefficient (Wildman–Crippen LogP) is 1.05. The van der Waals surface area contributed by atoms with Crippen LogP contribution in [0, 0.1) is 12.3 Å². The van der Waals surface area contributed by atoms with E-state index in [0.29, 0.717) is 28.6 Å². The quantitative estimate of drug-likeness (QED) is 0.827. The van der Waals surface area contributed by atoms with Crippen LogP contribution < -0.4 is 11.1 Å². The maximum atomic E-state index is 5.77. The van der Waals surface area contributed by atoms with Crippen molar-refractivity contribution in [2.45, 2.75) is 0 Å². The Balaban J connectivity index is 2.43. The van der Waals surface area contributed by atoms with Crippen molar-refractivity contribution in [3.05, 3.63) is 22.9 Å². The average Bonchev–Trinajstić information content (AvgIpc) is 2.84. The molecule has 3 N–H and O–H groups in total. The number of terminal acetylenes is 1. The van der Waals surface area contributed by atoms with Gasteiger partial charge in [-0.25, -0.2) is 4.68 Å². The summed E-state index contributed by atoms with van der Waals surface area (Å²) < 4.78 is 2.10. The lowest BCUT2D eigenvalue weighted by Crippen LogP contribution is -2.10. The second-order valence-corrected chi connectivity index (χ2v) is 3.87. The van der Waals surface area contributed by atoms with E-state index in [4.69, 9.17) is 12.2 Å². The second kappa shape index (κ2) is 4.84. The third kappa shape index (κ3) is 2.37. The van der Waals surface area contributed by atoms with Gasteiger partial charge < -0.3 is 11.1 Å². The molecule has 0 radical (unpaired) electrons.